The van der Waals surface area contributed by atoms with Gasteiger partial charge in [0.2, 0.25) is 5.91 Å². The highest BCUT2D eigenvalue weighted by Gasteiger charge is 2.18. The molecule has 0 N–H and O–H groups in total. The normalized spacial score (nSPS) is 10.4. The average Bonchev–Trinajstić information content (AvgIpc) is 2.84. The number of para-hydroxylation sites is 1. The molecule has 0 spiro atoms. The number of nitrogens with zero attached hydrogens (tertiary/aromatic N) is 4. The number of benzene rings is 1. The number of rotatable bonds is 5. The van der Waals surface area contributed by atoms with Crippen LogP contribution in [0.3, 0.4) is 0 Å². The summed E-state index contributed by atoms with van der Waals surface area (Å²) in [4.78, 5) is 24.2. The van der Waals surface area contributed by atoms with Crippen molar-refractivity contribution in [1.29, 1.82) is 0 Å². The van der Waals surface area contributed by atoms with Crippen LogP contribution in [0.15, 0.2) is 36.7 Å². The number of carbonyl (C=O) groups is 1. The van der Waals surface area contributed by atoms with Crippen molar-refractivity contribution in [2.75, 3.05) is 7.05 Å². The quantitative estimate of drug-likeness (QED) is 0.617. The van der Waals surface area contributed by atoms with Gasteiger partial charge in [-0.15, -0.1) is 0 Å². The van der Waals surface area contributed by atoms with Crippen molar-refractivity contribution in [3.8, 4) is 0 Å². The molecule has 0 radical (unpaired) electrons. The zero-order valence-electron chi connectivity index (χ0n) is 11.9. The van der Waals surface area contributed by atoms with Crippen LogP contribution >= 0.6 is 0 Å². The molecule has 0 unspecified atom stereocenters. The monoisotopic (exact) mass is 288 g/mol. The summed E-state index contributed by atoms with van der Waals surface area (Å²) in [6, 6.07) is 6.29. The van der Waals surface area contributed by atoms with E-state index in [1.54, 1.807) is 43.2 Å². The molecule has 1 aromatic heterocycles. The number of hydrogen-bond acceptors (Lipinski definition) is 4. The second-order valence-electron chi connectivity index (χ2n) is 4.83. The van der Waals surface area contributed by atoms with Crippen LogP contribution in [-0.2, 0) is 24.8 Å². The third-order valence-electron chi connectivity index (χ3n) is 3.13. The fourth-order valence-electron chi connectivity index (χ4n) is 2.05. The van der Waals surface area contributed by atoms with Crippen molar-refractivity contribution < 1.29 is 9.72 Å². The van der Waals surface area contributed by atoms with Crippen molar-refractivity contribution in [2.45, 2.75) is 13.0 Å². The highest BCUT2D eigenvalue weighted by atomic mass is 16.6. The van der Waals surface area contributed by atoms with Gasteiger partial charge in [0.25, 0.3) is 5.69 Å². The van der Waals surface area contributed by atoms with E-state index in [9.17, 15) is 14.9 Å². The molecular formula is C14H16N4O3. The molecule has 2 aromatic rings. The van der Waals surface area contributed by atoms with Crippen LogP contribution in [-0.4, -0.2) is 32.6 Å². The maximum Gasteiger partial charge on any atom is 0.273 e. The van der Waals surface area contributed by atoms with Crippen LogP contribution in [0.1, 0.15) is 11.1 Å². The number of hydrogen-bond donors (Lipinski definition) is 0. The number of aromatic nitrogens is 2. The summed E-state index contributed by atoms with van der Waals surface area (Å²) in [5.74, 6) is -0.173. The molecule has 0 saturated heterocycles. The Balaban J connectivity index is 2.05. The first kappa shape index (κ1) is 14.7. The maximum atomic E-state index is 12.2. The van der Waals surface area contributed by atoms with E-state index >= 15 is 0 Å². The highest BCUT2D eigenvalue weighted by molar-refractivity contribution is 5.79. The summed E-state index contributed by atoms with van der Waals surface area (Å²) in [7, 11) is 3.47. The zero-order chi connectivity index (χ0) is 15.4. The molecule has 0 aliphatic carbocycles. The Morgan fingerprint density at radius 3 is 2.76 bits per heavy atom. The fraction of sp³-hybridized carbons (Fsp3) is 0.286. The number of nitro groups is 1. The summed E-state index contributed by atoms with van der Waals surface area (Å²) in [5, 5.41) is 15.0. The molecule has 0 aliphatic rings. The van der Waals surface area contributed by atoms with Gasteiger partial charge in [-0.3, -0.25) is 19.6 Å². The van der Waals surface area contributed by atoms with Gasteiger partial charge in [0, 0.05) is 44.0 Å². The lowest BCUT2D eigenvalue weighted by atomic mass is 10.1. The lowest BCUT2D eigenvalue weighted by molar-refractivity contribution is -0.385. The summed E-state index contributed by atoms with van der Waals surface area (Å²) in [6.07, 6.45) is 3.53. The lowest BCUT2D eigenvalue weighted by Crippen LogP contribution is -2.27. The standard InChI is InChI=1S/C14H16N4O3/c1-16(9-11-8-15-17(2)10-11)14(19)7-12-5-3-4-6-13(12)18(20)21/h3-6,8,10H,7,9H2,1-2H3. The summed E-state index contributed by atoms with van der Waals surface area (Å²) < 4.78 is 1.66. The second-order valence-corrected chi connectivity index (χ2v) is 4.83. The molecular weight excluding hydrogens is 272 g/mol. The largest absolute Gasteiger partial charge is 0.341 e. The molecule has 7 heteroatoms. The number of carbonyl (C=O) groups excluding carboxylic acids is 1. The van der Waals surface area contributed by atoms with E-state index in [-0.39, 0.29) is 18.0 Å². The molecule has 21 heavy (non-hydrogen) atoms. The van der Waals surface area contributed by atoms with E-state index in [2.05, 4.69) is 5.10 Å². The number of amides is 1. The fourth-order valence-corrected chi connectivity index (χ4v) is 2.05. The zero-order valence-corrected chi connectivity index (χ0v) is 11.9. The Morgan fingerprint density at radius 1 is 1.43 bits per heavy atom. The van der Waals surface area contributed by atoms with Crippen LogP contribution in [0.4, 0.5) is 5.69 Å². The number of nitro benzene ring substituents is 1. The molecule has 1 aromatic carbocycles. The number of aryl methyl sites for hydroxylation is 1. The van der Waals surface area contributed by atoms with Gasteiger partial charge in [-0.05, 0) is 0 Å². The molecule has 7 nitrogen and oxygen atoms in total. The predicted molar refractivity (Wildman–Crippen MR) is 76.5 cm³/mol. The SMILES string of the molecule is CN(Cc1cnn(C)c1)C(=O)Cc1ccccc1[N+](=O)[O-]. The van der Waals surface area contributed by atoms with Gasteiger partial charge in [0.1, 0.15) is 0 Å². The molecule has 2 rings (SSSR count). The van der Waals surface area contributed by atoms with Gasteiger partial charge in [0.15, 0.2) is 0 Å². The Bertz CT molecular complexity index is 666. The lowest BCUT2D eigenvalue weighted by Gasteiger charge is -2.16. The van der Waals surface area contributed by atoms with Crippen LogP contribution in [0, 0.1) is 10.1 Å². The van der Waals surface area contributed by atoms with Crippen LogP contribution in [0.5, 0.6) is 0 Å². The van der Waals surface area contributed by atoms with Crippen LogP contribution < -0.4 is 0 Å². The first-order valence-electron chi connectivity index (χ1n) is 6.41. The van der Waals surface area contributed by atoms with E-state index in [4.69, 9.17) is 0 Å². The Labute approximate surface area is 121 Å². The van der Waals surface area contributed by atoms with E-state index < -0.39 is 4.92 Å². The molecule has 0 saturated carbocycles. The molecule has 0 fully saturated rings. The molecule has 0 bridgehead atoms. The Hall–Kier alpha value is -2.70. The predicted octanol–water partition coefficient (Wildman–Crippen LogP) is 1.53. The van der Waals surface area contributed by atoms with Gasteiger partial charge >= 0.3 is 0 Å². The van der Waals surface area contributed by atoms with E-state index in [1.165, 1.54) is 11.0 Å². The van der Waals surface area contributed by atoms with E-state index in [1.807, 2.05) is 6.20 Å². The van der Waals surface area contributed by atoms with Gasteiger partial charge in [-0.25, -0.2) is 0 Å². The summed E-state index contributed by atoms with van der Waals surface area (Å²) in [5.41, 5.74) is 1.31. The van der Waals surface area contributed by atoms with Crippen molar-refractivity contribution in [3.63, 3.8) is 0 Å². The molecule has 1 heterocycles. The van der Waals surface area contributed by atoms with Crippen molar-refractivity contribution >= 4 is 11.6 Å². The third-order valence-corrected chi connectivity index (χ3v) is 3.13. The van der Waals surface area contributed by atoms with Crippen LogP contribution in [0.25, 0.3) is 0 Å². The minimum Gasteiger partial charge on any atom is -0.341 e. The molecule has 110 valence electrons. The van der Waals surface area contributed by atoms with Gasteiger partial charge < -0.3 is 4.90 Å². The Morgan fingerprint density at radius 2 is 2.14 bits per heavy atom. The van der Waals surface area contributed by atoms with E-state index in [0.29, 0.717) is 12.1 Å². The van der Waals surface area contributed by atoms with Gasteiger partial charge in [-0.1, -0.05) is 18.2 Å². The summed E-state index contributed by atoms with van der Waals surface area (Å²) in [6.45, 7) is 0.424. The smallest absolute Gasteiger partial charge is 0.273 e. The molecule has 0 aliphatic heterocycles. The van der Waals surface area contributed by atoms with Gasteiger partial charge in [-0.2, -0.15) is 5.10 Å². The third kappa shape index (κ3) is 3.65. The number of likely N-dealkylation sites (N-methyl/N-ethyl adjacent to an activating group) is 1. The highest BCUT2D eigenvalue weighted by Crippen LogP contribution is 2.19. The first-order valence-corrected chi connectivity index (χ1v) is 6.41. The van der Waals surface area contributed by atoms with Crippen molar-refractivity contribution in [3.05, 3.63) is 57.9 Å². The minimum absolute atomic E-state index is 0.00785. The second kappa shape index (κ2) is 6.17. The topological polar surface area (TPSA) is 81.3 Å². The molecule has 1 amide bonds. The maximum absolute atomic E-state index is 12.2. The minimum atomic E-state index is -0.469. The Kier molecular flexibility index (Phi) is 4.32. The van der Waals surface area contributed by atoms with Crippen molar-refractivity contribution in [2.24, 2.45) is 7.05 Å². The van der Waals surface area contributed by atoms with E-state index in [0.717, 1.165) is 5.56 Å². The van der Waals surface area contributed by atoms with Crippen LogP contribution in [0.2, 0.25) is 0 Å². The first-order chi connectivity index (χ1) is 9.97. The van der Waals surface area contributed by atoms with Gasteiger partial charge in [0.05, 0.1) is 17.5 Å². The average molecular weight is 288 g/mol. The summed E-state index contributed by atoms with van der Waals surface area (Å²) >= 11 is 0. The van der Waals surface area contributed by atoms with Crippen molar-refractivity contribution in [1.82, 2.24) is 14.7 Å². The molecule has 0 atom stereocenters.